The highest BCUT2D eigenvalue weighted by molar-refractivity contribution is 6.01. The zero-order chi connectivity index (χ0) is 13.0. The van der Waals surface area contributed by atoms with Crippen molar-refractivity contribution in [2.45, 2.75) is 6.92 Å². The maximum atomic E-state index is 11.7. The van der Waals surface area contributed by atoms with Crippen LogP contribution in [0.25, 0.3) is 0 Å². The second-order valence-electron chi connectivity index (χ2n) is 4.03. The Labute approximate surface area is 106 Å². The Morgan fingerprint density at radius 2 is 1.67 bits per heavy atom. The topological polar surface area (TPSA) is 67.2 Å². The summed E-state index contributed by atoms with van der Waals surface area (Å²) in [6.07, 6.45) is 0. The van der Waals surface area contributed by atoms with Gasteiger partial charge in [-0.05, 0) is 31.2 Å². The Kier molecular flexibility index (Phi) is 3.48. The summed E-state index contributed by atoms with van der Waals surface area (Å²) in [6.45, 7) is 1.99. The van der Waals surface area contributed by atoms with E-state index in [1.807, 2.05) is 43.3 Å². The number of nitrogens with one attached hydrogen (secondary N) is 2. The summed E-state index contributed by atoms with van der Waals surface area (Å²) in [7, 11) is 0. The highest BCUT2D eigenvalue weighted by atomic mass is 16.2. The molecule has 2 amide bonds. The number of para-hydroxylation sites is 2. The van der Waals surface area contributed by atoms with E-state index >= 15 is 0 Å². The molecule has 0 bridgehead atoms. The Hall–Kier alpha value is -2.49. The molecule has 0 atom stereocenters. The number of amides is 2. The average Bonchev–Trinajstić information content (AvgIpc) is 2.35. The lowest BCUT2D eigenvalue weighted by Crippen LogP contribution is -2.20. The molecule has 0 saturated heterocycles. The molecule has 0 heterocycles. The largest absolute Gasteiger partial charge is 0.397 e. The first-order valence-corrected chi connectivity index (χ1v) is 5.64. The lowest BCUT2D eigenvalue weighted by Gasteiger charge is -2.09. The van der Waals surface area contributed by atoms with Crippen molar-refractivity contribution >= 4 is 23.1 Å². The Bertz CT molecular complexity index is 549. The van der Waals surface area contributed by atoms with Gasteiger partial charge in [0.25, 0.3) is 0 Å². The highest BCUT2D eigenvalue weighted by Gasteiger charge is 2.04. The van der Waals surface area contributed by atoms with Crippen LogP contribution < -0.4 is 16.4 Å². The maximum Gasteiger partial charge on any atom is 0.323 e. The summed E-state index contributed by atoms with van der Waals surface area (Å²) >= 11 is 0. The van der Waals surface area contributed by atoms with Crippen LogP contribution >= 0.6 is 0 Å². The van der Waals surface area contributed by atoms with Crippen LogP contribution in [-0.4, -0.2) is 6.03 Å². The van der Waals surface area contributed by atoms with Gasteiger partial charge in [-0.15, -0.1) is 0 Å². The number of carbonyl (C=O) groups excluding carboxylic acids is 1. The zero-order valence-electron chi connectivity index (χ0n) is 10.1. The lowest BCUT2D eigenvalue weighted by molar-refractivity contribution is 0.262. The van der Waals surface area contributed by atoms with Crippen molar-refractivity contribution in [1.82, 2.24) is 0 Å². The molecule has 4 nitrogen and oxygen atoms in total. The van der Waals surface area contributed by atoms with Crippen molar-refractivity contribution < 1.29 is 4.79 Å². The number of anilines is 3. The van der Waals surface area contributed by atoms with E-state index in [1.54, 1.807) is 12.1 Å². The van der Waals surface area contributed by atoms with Gasteiger partial charge in [0.1, 0.15) is 0 Å². The fourth-order valence-electron chi connectivity index (χ4n) is 1.53. The molecule has 0 spiro atoms. The van der Waals surface area contributed by atoms with Crippen LogP contribution in [0.4, 0.5) is 21.9 Å². The van der Waals surface area contributed by atoms with E-state index < -0.39 is 0 Å². The third kappa shape index (κ3) is 3.01. The zero-order valence-corrected chi connectivity index (χ0v) is 10.1. The maximum absolute atomic E-state index is 11.7. The third-order valence-electron chi connectivity index (χ3n) is 2.52. The molecule has 0 unspecified atom stereocenters. The van der Waals surface area contributed by atoms with Crippen LogP contribution in [-0.2, 0) is 0 Å². The number of urea groups is 1. The van der Waals surface area contributed by atoms with Gasteiger partial charge in [0.2, 0.25) is 0 Å². The van der Waals surface area contributed by atoms with E-state index in [1.165, 1.54) is 0 Å². The first-order chi connectivity index (χ1) is 8.65. The molecular formula is C14H15N3O. The van der Waals surface area contributed by atoms with Gasteiger partial charge < -0.3 is 16.4 Å². The van der Waals surface area contributed by atoms with Crippen LogP contribution in [0, 0.1) is 6.92 Å². The van der Waals surface area contributed by atoms with Crippen molar-refractivity contribution in [2.75, 3.05) is 16.4 Å². The van der Waals surface area contributed by atoms with Gasteiger partial charge in [0, 0.05) is 5.69 Å². The molecule has 2 aromatic carbocycles. The molecule has 92 valence electrons. The molecule has 4 heteroatoms. The minimum absolute atomic E-state index is 0.309. The summed E-state index contributed by atoms with van der Waals surface area (Å²) in [5, 5.41) is 5.44. The molecule has 0 saturated carbocycles. The van der Waals surface area contributed by atoms with E-state index in [0.29, 0.717) is 11.4 Å². The minimum atomic E-state index is -0.309. The summed E-state index contributed by atoms with van der Waals surface area (Å²) in [6, 6.07) is 14.4. The van der Waals surface area contributed by atoms with Gasteiger partial charge in [0.15, 0.2) is 0 Å². The fraction of sp³-hybridized carbons (Fsp3) is 0.0714. The lowest BCUT2D eigenvalue weighted by atomic mass is 10.2. The molecular weight excluding hydrogens is 226 g/mol. The number of rotatable bonds is 2. The van der Waals surface area contributed by atoms with Crippen molar-refractivity contribution in [2.24, 2.45) is 0 Å². The van der Waals surface area contributed by atoms with Crippen molar-refractivity contribution in [3.8, 4) is 0 Å². The summed E-state index contributed by atoms with van der Waals surface area (Å²) in [5.41, 5.74) is 8.77. The van der Waals surface area contributed by atoms with Gasteiger partial charge in [-0.1, -0.05) is 29.8 Å². The van der Waals surface area contributed by atoms with Crippen LogP contribution in [0.1, 0.15) is 5.56 Å². The van der Waals surface area contributed by atoms with Crippen molar-refractivity contribution in [3.63, 3.8) is 0 Å². The van der Waals surface area contributed by atoms with E-state index in [4.69, 9.17) is 5.73 Å². The molecule has 0 radical (unpaired) electrons. The number of aryl methyl sites for hydroxylation is 1. The fourth-order valence-corrected chi connectivity index (χ4v) is 1.53. The summed E-state index contributed by atoms with van der Waals surface area (Å²) < 4.78 is 0. The Morgan fingerprint density at radius 3 is 2.33 bits per heavy atom. The molecule has 0 aliphatic carbocycles. The summed E-state index contributed by atoms with van der Waals surface area (Å²) in [5.74, 6) is 0. The Morgan fingerprint density at radius 1 is 1.00 bits per heavy atom. The molecule has 2 aromatic rings. The SMILES string of the molecule is Cc1ccc(NC(=O)Nc2ccccc2N)cc1. The normalized spacial score (nSPS) is 9.83. The molecule has 2 rings (SSSR count). The number of carbonyl (C=O) groups is 1. The number of nitrogens with two attached hydrogens (primary N) is 1. The van der Waals surface area contributed by atoms with Crippen molar-refractivity contribution in [1.29, 1.82) is 0 Å². The first-order valence-electron chi connectivity index (χ1n) is 5.64. The van der Waals surface area contributed by atoms with Crippen LogP contribution in [0.5, 0.6) is 0 Å². The molecule has 0 aromatic heterocycles. The van der Waals surface area contributed by atoms with Crippen LogP contribution in [0.15, 0.2) is 48.5 Å². The molecule has 0 aliphatic rings. The summed E-state index contributed by atoms with van der Waals surface area (Å²) in [4.78, 5) is 11.7. The smallest absolute Gasteiger partial charge is 0.323 e. The van der Waals surface area contributed by atoms with Crippen LogP contribution in [0.3, 0.4) is 0 Å². The van der Waals surface area contributed by atoms with E-state index in [0.717, 1.165) is 11.3 Å². The predicted molar refractivity (Wildman–Crippen MR) is 74.7 cm³/mol. The quantitative estimate of drug-likeness (QED) is 0.707. The standard InChI is InChI=1S/C14H15N3O/c1-10-6-8-11(9-7-10)16-14(18)17-13-5-3-2-4-12(13)15/h2-9H,15H2,1H3,(H2,16,17,18). The monoisotopic (exact) mass is 241 g/mol. The second kappa shape index (κ2) is 5.23. The second-order valence-corrected chi connectivity index (χ2v) is 4.03. The van der Waals surface area contributed by atoms with Gasteiger partial charge in [-0.2, -0.15) is 0 Å². The first kappa shape index (κ1) is 12.0. The molecule has 4 N–H and O–H groups in total. The number of benzene rings is 2. The predicted octanol–water partition coefficient (Wildman–Crippen LogP) is 3.22. The minimum Gasteiger partial charge on any atom is -0.397 e. The number of nitrogen functional groups attached to an aromatic ring is 1. The van der Waals surface area contributed by atoms with Gasteiger partial charge in [-0.25, -0.2) is 4.79 Å². The molecule has 0 aliphatic heterocycles. The van der Waals surface area contributed by atoms with Crippen molar-refractivity contribution in [3.05, 3.63) is 54.1 Å². The third-order valence-corrected chi connectivity index (χ3v) is 2.52. The number of hydrogen-bond donors (Lipinski definition) is 3. The highest BCUT2D eigenvalue weighted by Crippen LogP contribution is 2.17. The van der Waals surface area contributed by atoms with E-state index in [2.05, 4.69) is 10.6 Å². The number of hydrogen-bond acceptors (Lipinski definition) is 2. The van der Waals surface area contributed by atoms with Gasteiger partial charge in [-0.3, -0.25) is 0 Å². The Balaban J connectivity index is 2.01. The van der Waals surface area contributed by atoms with Crippen LogP contribution in [0.2, 0.25) is 0 Å². The molecule has 0 fully saturated rings. The molecule has 18 heavy (non-hydrogen) atoms. The van der Waals surface area contributed by atoms with E-state index in [9.17, 15) is 4.79 Å². The van der Waals surface area contributed by atoms with Gasteiger partial charge in [0.05, 0.1) is 11.4 Å². The van der Waals surface area contributed by atoms with Gasteiger partial charge >= 0.3 is 6.03 Å². The van der Waals surface area contributed by atoms with E-state index in [-0.39, 0.29) is 6.03 Å². The average molecular weight is 241 g/mol.